The predicted molar refractivity (Wildman–Crippen MR) is 91.1 cm³/mol. The Morgan fingerprint density at radius 2 is 2.08 bits per heavy atom. The third-order valence-corrected chi connectivity index (χ3v) is 3.84. The molecule has 0 atom stereocenters. The van der Waals surface area contributed by atoms with E-state index >= 15 is 0 Å². The van der Waals surface area contributed by atoms with Crippen LogP contribution in [0.3, 0.4) is 0 Å². The molecule has 3 aromatic rings. The minimum atomic E-state index is 0.141. The van der Waals surface area contributed by atoms with Gasteiger partial charge in [-0.05, 0) is 32.0 Å². The molecule has 3 heterocycles. The zero-order valence-electron chi connectivity index (χ0n) is 13.3. The van der Waals surface area contributed by atoms with Gasteiger partial charge in [-0.1, -0.05) is 5.73 Å². The summed E-state index contributed by atoms with van der Waals surface area (Å²) in [5.41, 5.74) is 19.0. The van der Waals surface area contributed by atoms with Crippen molar-refractivity contribution in [3.05, 3.63) is 46.9 Å². The fraction of sp³-hybridized carbons (Fsp3) is 0.176. The number of rotatable bonds is 2. The molecule has 0 unspecified atom stereocenters. The van der Waals surface area contributed by atoms with Crippen LogP contribution in [0.5, 0.6) is 0 Å². The molecule has 24 heavy (non-hydrogen) atoms. The van der Waals surface area contributed by atoms with Crippen LogP contribution in [0.4, 0.5) is 6.01 Å². The van der Waals surface area contributed by atoms with Gasteiger partial charge >= 0.3 is 0 Å². The van der Waals surface area contributed by atoms with Crippen molar-refractivity contribution in [3.8, 4) is 11.3 Å². The number of hydrogen-bond acceptors (Lipinski definition) is 6. The van der Waals surface area contributed by atoms with Gasteiger partial charge in [-0.3, -0.25) is 0 Å². The van der Waals surface area contributed by atoms with Gasteiger partial charge in [-0.2, -0.15) is 10.1 Å². The highest BCUT2D eigenvalue weighted by Crippen LogP contribution is 2.23. The molecule has 0 fully saturated rings. The van der Waals surface area contributed by atoms with Crippen molar-refractivity contribution >= 4 is 22.8 Å². The predicted octanol–water partition coefficient (Wildman–Crippen LogP) is 1.22. The normalized spacial score (nSPS) is 13.4. The van der Waals surface area contributed by atoms with Crippen LogP contribution in [0.15, 0.2) is 45.6 Å². The van der Waals surface area contributed by atoms with E-state index in [0.29, 0.717) is 16.8 Å². The van der Waals surface area contributed by atoms with E-state index in [9.17, 15) is 0 Å². The standard InChI is InChI=1S/C17H16N6O/c1-9(2)23-16-14(11(18)4-3-7-20-16)15(22-23)10-5-6-13-12(8-10)21-17(19)24-13/h4-9H,18H2,1-2H3,(H2,19,21). The first kappa shape index (κ1) is 14.3. The summed E-state index contributed by atoms with van der Waals surface area (Å²) in [5, 5.41) is 5.52. The lowest BCUT2D eigenvalue weighted by Crippen LogP contribution is -2.34. The van der Waals surface area contributed by atoms with Gasteiger partial charge in [0.15, 0.2) is 11.1 Å². The van der Waals surface area contributed by atoms with Crippen LogP contribution in [0.1, 0.15) is 19.9 Å². The van der Waals surface area contributed by atoms with Crippen molar-refractivity contribution in [2.75, 3.05) is 5.73 Å². The van der Waals surface area contributed by atoms with Gasteiger partial charge in [0.1, 0.15) is 11.2 Å². The zero-order valence-corrected chi connectivity index (χ0v) is 13.3. The molecule has 0 saturated heterocycles. The summed E-state index contributed by atoms with van der Waals surface area (Å²) in [6.07, 6.45) is 3.31. The van der Waals surface area contributed by atoms with Crippen molar-refractivity contribution in [2.45, 2.75) is 19.9 Å². The molecule has 0 saturated carbocycles. The molecule has 2 aromatic heterocycles. The third kappa shape index (κ3) is 2.11. The Morgan fingerprint density at radius 3 is 2.88 bits per heavy atom. The van der Waals surface area contributed by atoms with Crippen molar-refractivity contribution < 1.29 is 4.42 Å². The fourth-order valence-electron chi connectivity index (χ4n) is 2.77. The molecule has 7 heteroatoms. The minimum absolute atomic E-state index is 0.141. The van der Waals surface area contributed by atoms with Gasteiger partial charge in [0.25, 0.3) is 6.01 Å². The van der Waals surface area contributed by atoms with Crippen molar-refractivity contribution in [1.82, 2.24) is 14.8 Å². The first-order valence-corrected chi connectivity index (χ1v) is 7.58. The second-order valence-electron chi connectivity index (χ2n) is 5.84. The monoisotopic (exact) mass is 320 g/mol. The number of nitrogen functional groups attached to an aromatic ring is 1. The number of benzene rings is 1. The lowest BCUT2D eigenvalue weighted by Gasteiger charge is -2.04. The zero-order chi connectivity index (χ0) is 16.8. The Labute approximate surface area is 137 Å². The van der Waals surface area contributed by atoms with Crippen LogP contribution in [0, 0.1) is 0 Å². The maximum Gasteiger partial charge on any atom is 0.292 e. The van der Waals surface area contributed by atoms with E-state index in [1.54, 1.807) is 12.3 Å². The van der Waals surface area contributed by atoms with E-state index in [0.717, 1.165) is 22.0 Å². The quantitative estimate of drug-likeness (QED) is 0.690. The summed E-state index contributed by atoms with van der Waals surface area (Å²) in [6.45, 7) is 4.10. The van der Waals surface area contributed by atoms with Gasteiger partial charge in [0.05, 0.1) is 17.1 Å². The molecule has 120 valence electrons. The molecule has 0 radical (unpaired) electrons. The fourth-order valence-corrected chi connectivity index (χ4v) is 2.77. The summed E-state index contributed by atoms with van der Waals surface area (Å²) in [5.74, 6) is 0. The molecule has 1 aliphatic rings. The number of hydrogen-bond donors (Lipinski definition) is 2. The van der Waals surface area contributed by atoms with Crippen LogP contribution < -0.4 is 22.2 Å². The van der Waals surface area contributed by atoms with Gasteiger partial charge in [0.2, 0.25) is 0 Å². The number of nitrogens with zero attached hydrogens (tertiary/aromatic N) is 4. The van der Waals surface area contributed by atoms with E-state index in [-0.39, 0.29) is 12.1 Å². The summed E-state index contributed by atoms with van der Waals surface area (Å²) >= 11 is 0. The lowest BCUT2D eigenvalue weighted by molar-refractivity contribution is 0.511. The summed E-state index contributed by atoms with van der Waals surface area (Å²) in [6, 6.07) is 5.91. The molecule has 4 rings (SSSR count). The molecule has 0 bridgehead atoms. The Morgan fingerprint density at radius 1 is 1.25 bits per heavy atom. The first-order valence-electron chi connectivity index (χ1n) is 7.58. The maximum absolute atomic E-state index is 6.23. The molecule has 1 aromatic carbocycles. The summed E-state index contributed by atoms with van der Waals surface area (Å²) < 4.78 is 7.18. The number of oxazole rings is 1. The molecule has 7 nitrogen and oxygen atoms in total. The molecule has 1 aliphatic heterocycles. The highest BCUT2D eigenvalue weighted by atomic mass is 16.4. The Kier molecular flexibility index (Phi) is 3.04. The molecule has 4 N–H and O–H groups in total. The van der Waals surface area contributed by atoms with Gasteiger partial charge < -0.3 is 15.9 Å². The SMILES string of the molecule is CC(C)n1nc(-c2ccc3oc(N)nc3c2)c2c1=NC=C=CC=2N. The average Bonchev–Trinajstić information content (AvgIpc) is 3.04. The Balaban J connectivity index is 2.07. The summed E-state index contributed by atoms with van der Waals surface area (Å²) in [7, 11) is 0. The second-order valence-corrected chi connectivity index (χ2v) is 5.84. The van der Waals surface area contributed by atoms with Crippen LogP contribution in [0.25, 0.3) is 28.1 Å². The first-order chi connectivity index (χ1) is 11.5. The number of fused-ring (bicyclic) bond motifs is 2. The summed E-state index contributed by atoms with van der Waals surface area (Å²) in [4.78, 5) is 8.63. The molecular formula is C17H16N6O. The maximum atomic E-state index is 6.23. The van der Waals surface area contributed by atoms with Crippen LogP contribution >= 0.6 is 0 Å². The Hall–Kier alpha value is -3.31. The van der Waals surface area contributed by atoms with E-state index in [2.05, 4.69) is 15.7 Å². The van der Waals surface area contributed by atoms with Crippen molar-refractivity contribution in [2.24, 2.45) is 10.7 Å². The largest absolute Gasteiger partial charge is 0.424 e. The van der Waals surface area contributed by atoms with Crippen LogP contribution in [0.2, 0.25) is 0 Å². The third-order valence-electron chi connectivity index (χ3n) is 3.84. The van der Waals surface area contributed by atoms with E-state index in [1.165, 1.54) is 0 Å². The van der Waals surface area contributed by atoms with Gasteiger partial charge in [0, 0.05) is 17.7 Å². The van der Waals surface area contributed by atoms with Gasteiger partial charge in [-0.15, -0.1) is 0 Å². The minimum Gasteiger partial charge on any atom is -0.424 e. The molecular weight excluding hydrogens is 304 g/mol. The second kappa shape index (κ2) is 5.11. The average molecular weight is 320 g/mol. The Bertz CT molecular complexity index is 1140. The van der Waals surface area contributed by atoms with E-state index in [1.807, 2.05) is 36.7 Å². The highest BCUT2D eigenvalue weighted by Gasteiger charge is 2.16. The van der Waals surface area contributed by atoms with E-state index in [4.69, 9.17) is 21.0 Å². The number of aromatic nitrogens is 3. The lowest BCUT2D eigenvalue weighted by atomic mass is 10.1. The van der Waals surface area contributed by atoms with Crippen LogP contribution in [-0.4, -0.2) is 14.8 Å². The smallest absolute Gasteiger partial charge is 0.292 e. The number of nitrogens with two attached hydrogens (primary N) is 2. The topological polar surface area (TPSA) is 108 Å². The van der Waals surface area contributed by atoms with Crippen molar-refractivity contribution in [3.63, 3.8) is 0 Å². The number of anilines is 1. The van der Waals surface area contributed by atoms with Crippen molar-refractivity contribution in [1.29, 1.82) is 0 Å². The molecule has 0 amide bonds. The van der Waals surface area contributed by atoms with Crippen LogP contribution in [-0.2, 0) is 0 Å². The highest BCUT2D eigenvalue weighted by molar-refractivity contribution is 5.81. The van der Waals surface area contributed by atoms with Gasteiger partial charge in [-0.25, -0.2) is 9.67 Å². The van der Waals surface area contributed by atoms with E-state index < -0.39 is 0 Å². The molecule has 0 spiro atoms. The molecule has 0 aliphatic carbocycles.